The fourth-order valence-electron chi connectivity index (χ4n) is 1.75. The molecule has 0 fully saturated rings. The highest BCUT2D eigenvalue weighted by Gasteiger charge is 2.11. The molecule has 4 nitrogen and oxygen atoms in total. The second-order valence-corrected chi connectivity index (χ2v) is 4.24. The molecule has 5 heteroatoms. The Kier molecular flexibility index (Phi) is 3.62. The molecule has 1 aromatic heterocycles. The molecule has 1 unspecified atom stereocenters. The summed E-state index contributed by atoms with van der Waals surface area (Å²) in [7, 11) is 0. The first kappa shape index (κ1) is 12.6. The zero-order chi connectivity index (χ0) is 13.1. The minimum absolute atomic E-state index is 0.0521. The van der Waals surface area contributed by atoms with Crippen LogP contribution in [0, 0.1) is 12.7 Å². The number of hydrogen-bond donors (Lipinski definition) is 2. The van der Waals surface area contributed by atoms with Crippen LogP contribution in [-0.4, -0.2) is 10.3 Å². The molecule has 1 aromatic carbocycles. The number of halogens is 1. The van der Waals surface area contributed by atoms with E-state index >= 15 is 0 Å². The summed E-state index contributed by atoms with van der Waals surface area (Å²) in [5.74, 6) is 0.221. The Labute approximate surface area is 104 Å². The van der Waals surface area contributed by atoms with E-state index in [-0.39, 0.29) is 11.8 Å². The molecule has 2 aromatic rings. The zero-order valence-electron chi connectivity index (χ0n) is 10.3. The lowest BCUT2D eigenvalue weighted by Gasteiger charge is -2.14. The molecule has 0 spiro atoms. The van der Waals surface area contributed by atoms with Gasteiger partial charge in [0.25, 0.3) is 0 Å². The van der Waals surface area contributed by atoms with E-state index in [4.69, 9.17) is 4.52 Å². The van der Waals surface area contributed by atoms with Crippen molar-refractivity contribution >= 4 is 0 Å². The molecule has 2 N–H and O–H groups in total. The van der Waals surface area contributed by atoms with Crippen molar-refractivity contribution < 1.29 is 14.0 Å². The summed E-state index contributed by atoms with van der Waals surface area (Å²) in [6.45, 7) is 4.23. The van der Waals surface area contributed by atoms with Crippen LogP contribution in [0.5, 0.6) is 5.75 Å². The number of phenols is 1. The van der Waals surface area contributed by atoms with Crippen molar-refractivity contribution in [2.45, 2.75) is 26.4 Å². The molecule has 96 valence electrons. The predicted molar refractivity (Wildman–Crippen MR) is 64.6 cm³/mol. The SMILES string of the molecule is Cc1cc(CNC(C)c2ccc(F)cc2O)on1. The highest BCUT2D eigenvalue weighted by atomic mass is 19.1. The molecule has 0 radical (unpaired) electrons. The summed E-state index contributed by atoms with van der Waals surface area (Å²) in [6, 6.07) is 5.71. The second kappa shape index (κ2) is 5.18. The van der Waals surface area contributed by atoms with Crippen LogP contribution >= 0.6 is 0 Å². The van der Waals surface area contributed by atoms with Gasteiger partial charge in [-0.05, 0) is 19.9 Å². The Morgan fingerprint density at radius 3 is 2.83 bits per heavy atom. The zero-order valence-corrected chi connectivity index (χ0v) is 10.3. The molecular weight excluding hydrogens is 235 g/mol. The number of aromatic hydroxyl groups is 1. The third-order valence-electron chi connectivity index (χ3n) is 2.72. The number of nitrogens with one attached hydrogen (secondary N) is 1. The van der Waals surface area contributed by atoms with Crippen molar-refractivity contribution in [3.63, 3.8) is 0 Å². The van der Waals surface area contributed by atoms with Crippen LogP contribution in [0.3, 0.4) is 0 Å². The standard InChI is InChI=1S/C13H15FN2O2/c1-8-5-11(18-16-8)7-15-9(2)12-4-3-10(14)6-13(12)17/h3-6,9,15,17H,7H2,1-2H3. The van der Waals surface area contributed by atoms with Gasteiger partial charge < -0.3 is 14.9 Å². The highest BCUT2D eigenvalue weighted by Crippen LogP contribution is 2.24. The van der Waals surface area contributed by atoms with Crippen molar-refractivity contribution in [3.8, 4) is 5.75 Å². The van der Waals surface area contributed by atoms with Gasteiger partial charge in [-0.25, -0.2) is 4.39 Å². The fourth-order valence-corrected chi connectivity index (χ4v) is 1.75. The lowest BCUT2D eigenvalue weighted by Crippen LogP contribution is -2.17. The summed E-state index contributed by atoms with van der Waals surface area (Å²) in [5.41, 5.74) is 1.47. The average molecular weight is 250 g/mol. The van der Waals surface area contributed by atoms with Gasteiger partial charge in [0.05, 0.1) is 12.2 Å². The molecule has 0 aliphatic rings. The Morgan fingerprint density at radius 1 is 1.44 bits per heavy atom. The first-order valence-corrected chi connectivity index (χ1v) is 5.70. The number of aryl methyl sites for hydroxylation is 1. The maximum absolute atomic E-state index is 12.9. The van der Waals surface area contributed by atoms with Gasteiger partial charge in [-0.3, -0.25) is 0 Å². The summed E-state index contributed by atoms with van der Waals surface area (Å²) in [4.78, 5) is 0. The molecule has 0 saturated heterocycles. The maximum Gasteiger partial charge on any atom is 0.150 e. The molecular formula is C13H15FN2O2. The minimum atomic E-state index is -0.450. The summed E-state index contributed by atoms with van der Waals surface area (Å²) < 4.78 is 17.9. The van der Waals surface area contributed by atoms with Crippen LogP contribution in [0.25, 0.3) is 0 Å². The van der Waals surface area contributed by atoms with Gasteiger partial charge in [-0.2, -0.15) is 0 Å². The number of rotatable bonds is 4. The number of hydrogen-bond acceptors (Lipinski definition) is 4. The van der Waals surface area contributed by atoms with Crippen molar-refractivity contribution in [1.29, 1.82) is 0 Å². The Morgan fingerprint density at radius 2 is 2.22 bits per heavy atom. The number of nitrogens with zero attached hydrogens (tertiary/aromatic N) is 1. The smallest absolute Gasteiger partial charge is 0.150 e. The van der Waals surface area contributed by atoms with Gasteiger partial charge in [0.1, 0.15) is 11.6 Å². The quantitative estimate of drug-likeness (QED) is 0.875. The van der Waals surface area contributed by atoms with Crippen LogP contribution in [0.15, 0.2) is 28.8 Å². The average Bonchev–Trinajstić information content (AvgIpc) is 2.72. The van der Waals surface area contributed by atoms with E-state index in [1.807, 2.05) is 19.9 Å². The van der Waals surface area contributed by atoms with Gasteiger partial charge in [-0.15, -0.1) is 0 Å². The van der Waals surface area contributed by atoms with Crippen LogP contribution in [0.2, 0.25) is 0 Å². The van der Waals surface area contributed by atoms with Crippen molar-refractivity contribution in [1.82, 2.24) is 10.5 Å². The molecule has 0 bridgehead atoms. The fraction of sp³-hybridized carbons (Fsp3) is 0.308. The van der Waals surface area contributed by atoms with E-state index in [0.29, 0.717) is 12.1 Å². The van der Waals surface area contributed by atoms with Gasteiger partial charge in [0.15, 0.2) is 5.76 Å². The normalized spacial score (nSPS) is 12.6. The number of aromatic nitrogens is 1. The van der Waals surface area contributed by atoms with E-state index in [1.165, 1.54) is 6.07 Å². The van der Waals surface area contributed by atoms with Crippen molar-refractivity contribution in [2.75, 3.05) is 0 Å². The number of phenolic OH excluding ortho intramolecular Hbond substituents is 1. The van der Waals surface area contributed by atoms with Crippen molar-refractivity contribution in [3.05, 3.63) is 47.1 Å². The van der Waals surface area contributed by atoms with Crippen molar-refractivity contribution in [2.24, 2.45) is 0 Å². The lowest BCUT2D eigenvalue weighted by atomic mass is 10.1. The first-order valence-electron chi connectivity index (χ1n) is 5.70. The molecule has 0 amide bonds. The van der Waals surface area contributed by atoms with Crippen LogP contribution < -0.4 is 5.32 Å². The van der Waals surface area contributed by atoms with Gasteiger partial charge in [0, 0.05) is 23.7 Å². The maximum atomic E-state index is 12.9. The number of benzene rings is 1. The summed E-state index contributed by atoms with van der Waals surface area (Å²) in [6.07, 6.45) is 0. The molecule has 18 heavy (non-hydrogen) atoms. The molecule has 2 rings (SSSR count). The molecule has 0 aliphatic heterocycles. The highest BCUT2D eigenvalue weighted by molar-refractivity contribution is 5.34. The van der Waals surface area contributed by atoms with E-state index in [1.54, 1.807) is 6.07 Å². The van der Waals surface area contributed by atoms with E-state index in [0.717, 1.165) is 17.5 Å². The Hall–Kier alpha value is -1.88. The topological polar surface area (TPSA) is 58.3 Å². The van der Waals surface area contributed by atoms with Crippen LogP contribution in [-0.2, 0) is 6.54 Å². The largest absolute Gasteiger partial charge is 0.508 e. The summed E-state index contributed by atoms with van der Waals surface area (Å²) >= 11 is 0. The second-order valence-electron chi connectivity index (χ2n) is 4.24. The third-order valence-corrected chi connectivity index (χ3v) is 2.72. The van der Waals surface area contributed by atoms with Gasteiger partial charge >= 0.3 is 0 Å². The summed E-state index contributed by atoms with van der Waals surface area (Å²) in [5, 5.41) is 16.6. The van der Waals surface area contributed by atoms with E-state index in [2.05, 4.69) is 10.5 Å². The van der Waals surface area contributed by atoms with Gasteiger partial charge in [-0.1, -0.05) is 11.2 Å². The molecule has 1 heterocycles. The molecule has 1 atom stereocenters. The first-order chi connectivity index (χ1) is 8.56. The van der Waals surface area contributed by atoms with E-state index < -0.39 is 5.82 Å². The van der Waals surface area contributed by atoms with Crippen LogP contribution in [0.1, 0.15) is 30.0 Å². The van der Waals surface area contributed by atoms with Gasteiger partial charge in [0.2, 0.25) is 0 Å². The van der Waals surface area contributed by atoms with E-state index in [9.17, 15) is 9.50 Å². The monoisotopic (exact) mass is 250 g/mol. The Balaban J connectivity index is 2.01. The Bertz CT molecular complexity index is 540. The molecule has 0 aliphatic carbocycles. The van der Waals surface area contributed by atoms with Crippen LogP contribution in [0.4, 0.5) is 4.39 Å². The minimum Gasteiger partial charge on any atom is -0.508 e. The lowest BCUT2D eigenvalue weighted by molar-refractivity contribution is 0.361. The molecule has 0 saturated carbocycles. The predicted octanol–water partition coefficient (Wildman–Crippen LogP) is 2.68. The third kappa shape index (κ3) is 2.87.